The monoisotopic (exact) mass is 204 g/mol. The molecule has 1 heterocycles. The number of hydrogen-bond donors (Lipinski definition) is 0. The van der Waals surface area contributed by atoms with Crippen LogP contribution in [-0.2, 0) is 6.54 Å². The zero-order chi connectivity index (χ0) is 10.7. The van der Waals surface area contributed by atoms with Gasteiger partial charge < -0.3 is 0 Å². The first-order chi connectivity index (χ1) is 7.33. The summed E-state index contributed by atoms with van der Waals surface area (Å²) < 4.78 is 1.81. The van der Waals surface area contributed by atoms with Crippen LogP contribution >= 0.6 is 0 Å². The predicted molar refractivity (Wildman–Crippen MR) is 58.8 cm³/mol. The van der Waals surface area contributed by atoms with Crippen molar-refractivity contribution >= 4 is 5.78 Å². The summed E-state index contributed by atoms with van der Waals surface area (Å²) in [6.07, 6.45) is 7.85. The van der Waals surface area contributed by atoms with Gasteiger partial charge in [-0.15, -0.1) is 0 Å². The quantitative estimate of drug-likeness (QED) is 0.706. The van der Waals surface area contributed by atoms with Gasteiger partial charge in [-0.2, -0.15) is 5.10 Å². The molecule has 0 fully saturated rings. The number of aromatic nitrogens is 2. The predicted octanol–water partition coefficient (Wildman–Crippen LogP) is 2.59. The van der Waals surface area contributed by atoms with E-state index >= 15 is 0 Å². The van der Waals surface area contributed by atoms with E-state index in [0.717, 1.165) is 43.5 Å². The molecule has 0 radical (unpaired) electrons. The van der Waals surface area contributed by atoms with Crippen molar-refractivity contribution in [3.63, 3.8) is 0 Å². The minimum Gasteiger partial charge on any atom is -0.287 e. The molecule has 1 aromatic heterocycles. The normalized spacial score (nSPS) is 15.4. The standard InChI is InChI=1S/C12H16N2O/c1-2-9-14-11(7-8-13-14)12(15)10-5-3-4-6-10/h5,7-8H,2-4,6,9H2,1H3. The Bertz CT molecular complexity index is 390. The van der Waals surface area contributed by atoms with E-state index in [2.05, 4.69) is 18.1 Å². The molecule has 1 aliphatic rings. The maximum absolute atomic E-state index is 12.1. The highest BCUT2D eigenvalue weighted by atomic mass is 16.1. The van der Waals surface area contributed by atoms with Crippen molar-refractivity contribution in [3.8, 4) is 0 Å². The van der Waals surface area contributed by atoms with E-state index in [0.29, 0.717) is 0 Å². The van der Waals surface area contributed by atoms with Crippen LogP contribution in [0.25, 0.3) is 0 Å². The lowest BCUT2D eigenvalue weighted by Crippen LogP contribution is -2.11. The number of nitrogens with zero attached hydrogens (tertiary/aromatic N) is 2. The first-order valence-electron chi connectivity index (χ1n) is 5.58. The van der Waals surface area contributed by atoms with Gasteiger partial charge in [0.15, 0.2) is 0 Å². The van der Waals surface area contributed by atoms with Crippen molar-refractivity contribution in [2.45, 2.75) is 39.2 Å². The van der Waals surface area contributed by atoms with Gasteiger partial charge in [-0.3, -0.25) is 9.48 Å². The van der Waals surface area contributed by atoms with Crippen LogP contribution in [-0.4, -0.2) is 15.6 Å². The van der Waals surface area contributed by atoms with Crippen molar-refractivity contribution in [1.82, 2.24) is 9.78 Å². The second-order valence-corrected chi connectivity index (χ2v) is 3.89. The third-order valence-corrected chi connectivity index (χ3v) is 2.72. The average Bonchev–Trinajstić information content (AvgIpc) is 2.87. The van der Waals surface area contributed by atoms with Crippen LogP contribution in [0.15, 0.2) is 23.9 Å². The molecule has 0 unspecified atom stereocenters. The van der Waals surface area contributed by atoms with Crippen molar-refractivity contribution < 1.29 is 4.79 Å². The Morgan fingerprint density at radius 1 is 1.60 bits per heavy atom. The Morgan fingerprint density at radius 2 is 2.47 bits per heavy atom. The molecule has 0 aliphatic heterocycles. The lowest BCUT2D eigenvalue weighted by molar-refractivity contribution is 0.102. The summed E-state index contributed by atoms with van der Waals surface area (Å²) in [6, 6.07) is 1.82. The van der Waals surface area contributed by atoms with Crippen LogP contribution in [0.1, 0.15) is 43.1 Å². The highest BCUT2D eigenvalue weighted by Gasteiger charge is 2.18. The Balaban J connectivity index is 2.21. The lowest BCUT2D eigenvalue weighted by atomic mass is 10.1. The third-order valence-electron chi connectivity index (χ3n) is 2.72. The molecule has 0 amide bonds. The lowest BCUT2D eigenvalue weighted by Gasteiger charge is -2.05. The molecule has 0 spiro atoms. The largest absolute Gasteiger partial charge is 0.287 e. The summed E-state index contributed by atoms with van der Waals surface area (Å²) in [5.74, 6) is 0.165. The maximum Gasteiger partial charge on any atom is 0.206 e. The molecule has 0 N–H and O–H groups in total. The van der Waals surface area contributed by atoms with E-state index in [1.54, 1.807) is 6.20 Å². The van der Waals surface area contributed by atoms with E-state index in [1.807, 2.05) is 10.7 Å². The summed E-state index contributed by atoms with van der Waals surface area (Å²) in [5, 5.41) is 4.17. The smallest absolute Gasteiger partial charge is 0.206 e. The summed E-state index contributed by atoms with van der Waals surface area (Å²) in [7, 11) is 0. The van der Waals surface area contributed by atoms with Crippen molar-refractivity contribution in [2.75, 3.05) is 0 Å². The number of carbonyl (C=O) groups excluding carboxylic acids is 1. The molecule has 2 rings (SSSR count). The Hall–Kier alpha value is -1.38. The highest BCUT2D eigenvalue weighted by molar-refractivity contribution is 6.07. The summed E-state index contributed by atoms with van der Waals surface area (Å²) in [5.41, 5.74) is 1.71. The minimum atomic E-state index is 0.165. The van der Waals surface area contributed by atoms with E-state index in [1.165, 1.54) is 0 Å². The molecule has 0 saturated heterocycles. The fraction of sp³-hybridized carbons (Fsp3) is 0.500. The van der Waals surface area contributed by atoms with Crippen LogP contribution < -0.4 is 0 Å². The second kappa shape index (κ2) is 4.43. The van der Waals surface area contributed by atoms with Crippen molar-refractivity contribution in [3.05, 3.63) is 29.6 Å². The van der Waals surface area contributed by atoms with Gasteiger partial charge in [-0.05, 0) is 37.3 Å². The van der Waals surface area contributed by atoms with E-state index < -0.39 is 0 Å². The minimum absolute atomic E-state index is 0.165. The molecule has 15 heavy (non-hydrogen) atoms. The number of allylic oxidation sites excluding steroid dienone is 2. The maximum atomic E-state index is 12.1. The number of rotatable bonds is 4. The second-order valence-electron chi connectivity index (χ2n) is 3.89. The third kappa shape index (κ3) is 2.01. The number of aryl methyl sites for hydroxylation is 1. The fourth-order valence-corrected chi connectivity index (χ4v) is 1.96. The molecule has 1 aromatic rings. The SMILES string of the molecule is CCCn1nccc1C(=O)C1=CCCC1. The first-order valence-corrected chi connectivity index (χ1v) is 5.58. The van der Waals surface area contributed by atoms with Crippen LogP contribution in [0, 0.1) is 0 Å². The zero-order valence-electron chi connectivity index (χ0n) is 9.07. The Kier molecular flexibility index (Phi) is 2.99. The number of hydrogen-bond acceptors (Lipinski definition) is 2. The average molecular weight is 204 g/mol. The fourth-order valence-electron chi connectivity index (χ4n) is 1.96. The highest BCUT2D eigenvalue weighted by Crippen LogP contribution is 2.21. The molecule has 3 nitrogen and oxygen atoms in total. The summed E-state index contributed by atoms with van der Waals surface area (Å²) in [4.78, 5) is 12.1. The topological polar surface area (TPSA) is 34.9 Å². The van der Waals surface area contributed by atoms with Gasteiger partial charge in [-0.1, -0.05) is 13.0 Å². The summed E-state index contributed by atoms with van der Waals surface area (Å²) >= 11 is 0. The number of Topliss-reactive ketones (excluding diaryl/α,β-unsaturated/α-hetero) is 1. The molecule has 0 bridgehead atoms. The number of carbonyl (C=O) groups is 1. The van der Waals surface area contributed by atoms with Crippen LogP contribution in [0.3, 0.4) is 0 Å². The van der Waals surface area contributed by atoms with Crippen molar-refractivity contribution in [2.24, 2.45) is 0 Å². The number of ketones is 1. The zero-order valence-corrected chi connectivity index (χ0v) is 9.07. The van der Waals surface area contributed by atoms with Gasteiger partial charge in [0.05, 0.1) is 0 Å². The Morgan fingerprint density at radius 3 is 3.13 bits per heavy atom. The van der Waals surface area contributed by atoms with E-state index in [9.17, 15) is 4.79 Å². The molecule has 0 atom stereocenters. The van der Waals surface area contributed by atoms with Gasteiger partial charge >= 0.3 is 0 Å². The molecule has 1 aliphatic carbocycles. The van der Waals surface area contributed by atoms with Crippen LogP contribution in [0.4, 0.5) is 0 Å². The van der Waals surface area contributed by atoms with Crippen LogP contribution in [0.5, 0.6) is 0 Å². The van der Waals surface area contributed by atoms with Gasteiger partial charge in [0.2, 0.25) is 5.78 Å². The van der Waals surface area contributed by atoms with Gasteiger partial charge in [0, 0.05) is 12.7 Å². The van der Waals surface area contributed by atoms with Gasteiger partial charge in [0.25, 0.3) is 0 Å². The molecule has 0 saturated carbocycles. The van der Waals surface area contributed by atoms with E-state index in [-0.39, 0.29) is 5.78 Å². The Labute approximate surface area is 89.8 Å². The first kappa shape index (κ1) is 10.1. The van der Waals surface area contributed by atoms with Crippen LogP contribution in [0.2, 0.25) is 0 Å². The molecule has 3 heteroatoms. The van der Waals surface area contributed by atoms with Crippen molar-refractivity contribution in [1.29, 1.82) is 0 Å². The molecular formula is C12H16N2O. The molecule has 0 aromatic carbocycles. The summed E-state index contributed by atoms with van der Waals surface area (Å²) in [6.45, 7) is 2.91. The molecular weight excluding hydrogens is 188 g/mol. The van der Waals surface area contributed by atoms with E-state index in [4.69, 9.17) is 0 Å². The van der Waals surface area contributed by atoms with Gasteiger partial charge in [-0.25, -0.2) is 0 Å². The van der Waals surface area contributed by atoms with Gasteiger partial charge in [0.1, 0.15) is 5.69 Å². The molecule has 80 valence electrons.